The number of carbonyl (C=O) groups excluding carboxylic acids is 1. The summed E-state index contributed by atoms with van der Waals surface area (Å²) in [6.07, 6.45) is 0. The average Bonchev–Trinajstić information content (AvgIpc) is 2.50. The van der Waals surface area contributed by atoms with E-state index in [0.29, 0.717) is 37.4 Å². The van der Waals surface area contributed by atoms with Gasteiger partial charge in [-0.3, -0.25) is 0 Å². The van der Waals surface area contributed by atoms with Gasteiger partial charge in [0.15, 0.2) is 0 Å². The summed E-state index contributed by atoms with van der Waals surface area (Å²) in [5, 5.41) is 1.63. The van der Waals surface area contributed by atoms with E-state index in [0.717, 1.165) is 16.6 Å². The molecule has 0 aliphatic carbocycles. The Hall–Kier alpha value is -0.523. The maximum absolute atomic E-state index is 12.5. The standard InChI is InChI=1S/C17H16Cl2O3P.Li/c1-11-10-12(22-9-8-21-2)6-7-15(11)23-17(20)16-13(18)4-3-5-14(16)19;/h3-7,10H,8-9H2,1-2H3;/q-1;+1. The predicted octanol–water partition coefficient (Wildman–Crippen LogP) is 1.74. The maximum Gasteiger partial charge on any atom is 1.00 e. The van der Waals surface area contributed by atoms with Crippen molar-refractivity contribution in [1.82, 2.24) is 0 Å². The molecule has 0 spiro atoms. The Morgan fingerprint density at radius 3 is 2.38 bits per heavy atom. The summed E-state index contributed by atoms with van der Waals surface area (Å²) in [6.45, 7) is 2.96. The van der Waals surface area contributed by atoms with Gasteiger partial charge in [0.2, 0.25) is 0 Å². The Bertz CT molecular complexity index is 690. The molecule has 0 unspecified atom stereocenters. The molecule has 0 amide bonds. The first-order valence-electron chi connectivity index (χ1n) is 6.95. The Morgan fingerprint density at radius 2 is 1.79 bits per heavy atom. The third-order valence-corrected chi connectivity index (χ3v) is 4.92. The third kappa shape index (κ3) is 5.78. The molecule has 0 saturated heterocycles. The van der Waals surface area contributed by atoms with Crippen molar-refractivity contribution in [3.63, 3.8) is 0 Å². The molecule has 0 aliphatic rings. The van der Waals surface area contributed by atoms with Gasteiger partial charge in [-0.2, -0.15) is 5.30 Å². The van der Waals surface area contributed by atoms with Gasteiger partial charge >= 0.3 is 18.9 Å². The summed E-state index contributed by atoms with van der Waals surface area (Å²) in [6, 6.07) is 10.7. The predicted molar refractivity (Wildman–Crippen MR) is 95.9 cm³/mol. The molecule has 3 nitrogen and oxygen atoms in total. The van der Waals surface area contributed by atoms with Crippen LogP contribution in [0.1, 0.15) is 15.9 Å². The molecular weight excluding hydrogens is 361 g/mol. The number of rotatable bonds is 7. The first-order chi connectivity index (χ1) is 11.0. The minimum Gasteiger partial charge on any atom is -0.491 e. The molecule has 122 valence electrons. The summed E-state index contributed by atoms with van der Waals surface area (Å²) in [7, 11) is 2.16. The van der Waals surface area contributed by atoms with Crippen LogP contribution in [0.3, 0.4) is 0 Å². The van der Waals surface area contributed by atoms with Crippen molar-refractivity contribution < 1.29 is 33.1 Å². The summed E-state index contributed by atoms with van der Waals surface area (Å²) < 4.78 is 10.5. The molecule has 0 N–H and O–H groups in total. The largest absolute Gasteiger partial charge is 1.00 e. The van der Waals surface area contributed by atoms with Crippen LogP contribution in [0.2, 0.25) is 10.0 Å². The zero-order valence-corrected chi connectivity index (χ0v) is 16.2. The Kier molecular flexibility index (Phi) is 9.38. The number of hydrogen-bond acceptors (Lipinski definition) is 3. The van der Waals surface area contributed by atoms with Gasteiger partial charge in [0.05, 0.1) is 16.7 Å². The van der Waals surface area contributed by atoms with Gasteiger partial charge in [-0.25, -0.2) is 0 Å². The minimum atomic E-state index is -0.128. The SMILES string of the molecule is COCCOc1ccc([P-]C(=O)c2c(Cl)cccc2Cl)c(C)c1.[Li+]. The second-order valence-corrected chi connectivity index (χ2v) is 6.73. The van der Waals surface area contributed by atoms with Crippen molar-refractivity contribution in [2.45, 2.75) is 6.92 Å². The van der Waals surface area contributed by atoms with Gasteiger partial charge in [-0.1, -0.05) is 40.9 Å². The van der Waals surface area contributed by atoms with Crippen LogP contribution in [0.15, 0.2) is 36.4 Å². The molecule has 0 aliphatic heterocycles. The molecule has 0 saturated carbocycles. The molecule has 0 heterocycles. The van der Waals surface area contributed by atoms with Crippen molar-refractivity contribution >= 4 is 42.6 Å². The van der Waals surface area contributed by atoms with E-state index in [1.807, 2.05) is 25.1 Å². The molecule has 0 aromatic heterocycles. The van der Waals surface area contributed by atoms with E-state index in [1.165, 1.54) is 0 Å². The average molecular weight is 377 g/mol. The quantitative estimate of drug-likeness (QED) is 0.419. The van der Waals surface area contributed by atoms with E-state index in [-0.39, 0.29) is 24.4 Å². The summed E-state index contributed by atoms with van der Waals surface area (Å²) in [5.41, 5.74) is 1.20. The zero-order chi connectivity index (χ0) is 16.8. The molecule has 7 heteroatoms. The van der Waals surface area contributed by atoms with Gasteiger partial charge in [-0.15, -0.1) is 0 Å². The van der Waals surface area contributed by atoms with Crippen LogP contribution in [-0.4, -0.2) is 25.8 Å². The fourth-order valence-electron chi connectivity index (χ4n) is 1.95. The topological polar surface area (TPSA) is 35.5 Å². The number of carbonyl (C=O) groups is 1. The van der Waals surface area contributed by atoms with E-state index in [4.69, 9.17) is 32.7 Å². The van der Waals surface area contributed by atoms with Crippen LogP contribution < -0.4 is 28.9 Å². The van der Waals surface area contributed by atoms with Crippen LogP contribution in [0, 0.1) is 6.92 Å². The van der Waals surface area contributed by atoms with Crippen molar-refractivity contribution in [2.24, 2.45) is 0 Å². The Morgan fingerprint density at radius 1 is 1.12 bits per heavy atom. The second kappa shape index (κ2) is 10.5. The van der Waals surface area contributed by atoms with Crippen LogP contribution in [-0.2, 0) is 4.74 Å². The van der Waals surface area contributed by atoms with E-state index in [9.17, 15) is 4.79 Å². The van der Waals surface area contributed by atoms with Crippen molar-refractivity contribution in [1.29, 1.82) is 0 Å². The smallest absolute Gasteiger partial charge is 0.491 e. The summed E-state index contributed by atoms with van der Waals surface area (Å²) in [5.74, 6) is 0.752. The molecular formula is C17H16Cl2LiO3P. The first-order valence-corrected chi connectivity index (χ1v) is 8.60. The van der Waals surface area contributed by atoms with Gasteiger partial charge in [0.25, 0.3) is 0 Å². The van der Waals surface area contributed by atoms with Crippen LogP contribution in [0.4, 0.5) is 0 Å². The minimum absolute atomic E-state index is 0. The Balaban J connectivity index is 0.00000288. The van der Waals surface area contributed by atoms with Crippen LogP contribution in [0.25, 0.3) is 0 Å². The molecule has 0 bridgehead atoms. The van der Waals surface area contributed by atoms with E-state index < -0.39 is 0 Å². The van der Waals surface area contributed by atoms with Gasteiger partial charge in [0.1, 0.15) is 12.4 Å². The second-order valence-electron chi connectivity index (χ2n) is 4.80. The molecule has 24 heavy (non-hydrogen) atoms. The molecule has 2 aromatic rings. The van der Waals surface area contributed by atoms with Gasteiger partial charge in [0, 0.05) is 18.2 Å². The maximum atomic E-state index is 12.5. The van der Waals surface area contributed by atoms with Crippen LogP contribution >= 0.6 is 31.8 Å². The number of ether oxygens (including phenoxy) is 2. The van der Waals surface area contributed by atoms with Crippen molar-refractivity contribution in [2.75, 3.05) is 20.3 Å². The monoisotopic (exact) mass is 376 g/mol. The van der Waals surface area contributed by atoms with Gasteiger partial charge in [-0.05, 0) is 31.2 Å². The van der Waals surface area contributed by atoms with Crippen molar-refractivity contribution in [3.05, 3.63) is 57.6 Å². The first kappa shape index (κ1) is 21.5. The molecule has 0 radical (unpaired) electrons. The Labute approximate surface area is 166 Å². The fourth-order valence-corrected chi connectivity index (χ4v) is 3.62. The molecule has 0 atom stereocenters. The normalized spacial score (nSPS) is 10.7. The zero-order valence-electron chi connectivity index (χ0n) is 13.8. The molecule has 2 aromatic carbocycles. The van der Waals surface area contributed by atoms with Gasteiger partial charge < -0.3 is 22.8 Å². The number of methoxy groups -OCH3 is 1. The van der Waals surface area contributed by atoms with E-state index in [2.05, 4.69) is 0 Å². The van der Waals surface area contributed by atoms with E-state index >= 15 is 0 Å². The number of hydrogen-bond donors (Lipinski definition) is 0. The number of aryl methyl sites for hydroxylation is 1. The number of halogens is 2. The summed E-state index contributed by atoms with van der Waals surface area (Å²) in [4.78, 5) is 12.5. The van der Waals surface area contributed by atoms with E-state index in [1.54, 1.807) is 25.3 Å². The summed E-state index contributed by atoms with van der Waals surface area (Å²) >= 11 is 12.2. The third-order valence-electron chi connectivity index (χ3n) is 3.12. The number of benzene rings is 2. The van der Waals surface area contributed by atoms with Crippen LogP contribution in [0.5, 0.6) is 5.75 Å². The molecule has 2 rings (SSSR count). The molecule has 0 fully saturated rings. The van der Waals surface area contributed by atoms with Crippen molar-refractivity contribution in [3.8, 4) is 5.75 Å². The fraction of sp³-hybridized carbons (Fsp3) is 0.235.